The highest BCUT2D eigenvalue weighted by Crippen LogP contribution is 2.47. The first-order valence-electron chi connectivity index (χ1n) is 16.2. The Morgan fingerprint density at radius 3 is 1.91 bits per heavy atom. The second-order valence-electron chi connectivity index (χ2n) is 13.1. The van der Waals surface area contributed by atoms with Crippen molar-refractivity contribution in [2.45, 2.75) is 37.6 Å². The standard InChI is InChI=1S/C38H39F2N3O3.BrH/c39-32-11-5-29(6-12-32)36(44)18-17-35-37(45)41-38(35,30-7-13-33(40)14-8-30)31-9-15-34(16-10-31)46-26-28-3-1-27(2-4-28)25-43-22-19-42(20-23-43)21-24-43;/h1-16,35-36,44H,17-26H2;1H/t35-,36-,38+;/m0./s1. The lowest BCUT2D eigenvalue weighted by molar-refractivity contribution is -0.953. The quantitative estimate of drug-likeness (QED) is 0.187. The number of aliphatic hydroxyl groups excluding tert-OH is 1. The maximum absolute atomic E-state index is 13.9. The number of nitrogens with one attached hydrogen (secondary N) is 1. The van der Waals surface area contributed by atoms with Gasteiger partial charge >= 0.3 is 0 Å². The van der Waals surface area contributed by atoms with Gasteiger partial charge in [0.05, 0.1) is 31.7 Å². The van der Waals surface area contributed by atoms with Gasteiger partial charge in [-0.25, -0.2) is 8.78 Å². The van der Waals surface area contributed by atoms with E-state index in [0.717, 1.165) is 23.2 Å². The lowest BCUT2D eigenvalue weighted by atomic mass is 9.65. The van der Waals surface area contributed by atoms with Crippen LogP contribution in [-0.4, -0.2) is 59.7 Å². The van der Waals surface area contributed by atoms with E-state index in [-0.39, 0.29) is 34.5 Å². The molecule has 4 aliphatic rings. The fourth-order valence-corrected chi connectivity index (χ4v) is 7.51. The van der Waals surface area contributed by atoms with Gasteiger partial charge in [-0.05, 0) is 71.5 Å². The smallest absolute Gasteiger partial charge is 0.227 e. The van der Waals surface area contributed by atoms with Crippen molar-refractivity contribution >= 4 is 5.91 Å². The Labute approximate surface area is 285 Å². The maximum atomic E-state index is 13.9. The summed E-state index contributed by atoms with van der Waals surface area (Å²) in [4.78, 5) is 15.6. The predicted octanol–water partition coefficient (Wildman–Crippen LogP) is 2.70. The Kier molecular flexibility index (Phi) is 9.80. The third kappa shape index (κ3) is 6.85. The van der Waals surface area contributed by atoms with Gasteiger partial charge in [0.1, 0.15) is 36.1 Å². The summed E-state index contributed by atoms with van der Waals surface area (Å²) in [7, 11) is 0. The number of amides is 1. The number of quaternary nitrogens is 1. The molecule has 4 fully saturated rings. The average Bonchev–Trinajstić information content (AvgIpc) is 3.08. The van der Waals surface area contributed by atoms with Crippen LogP contribution in [0.5, 0.6) is 5.75 Å². The zero-order chi connectivity index (χ0) is 31.7. The van der Waals surface area contributed by atoms with E-state index in [1.807, 2.05) is 24.3 Å². The number of carbonyl (C=O) groups is 1. The highest BCUT2D eigenvalue weighted by molar-refractivity contribution is 5.90. The lowest BCUT2D eigenvalue weighted by Crippen LogP contribution is -3.00. The molecule has 0 aromatic heterocycles. The molecule has 4 heterocycles. The Balaban J connectivity index is 0.00000386. The second-order valence-corrected chi connectivity index (χ2v) is 13.1. The largest absolute Gasteiger partial charge is 1.00 e. The molecule has 0 saturated carbocycles. The summed E-state index contributed by atoms with van der Waals surface area (Å²) >= 11 is 0. The van der Waals surface area contributed by atoms with Crippen molar-refractivity contribution in [3.63, 3.8) is 0 Å². The minimum absolute atomic E-state index is 0. The monoisotopic (exact) mass is 703 g/mol. The molecule has 0 spiro atoms. The van der Waals surface area contributed by atoms with Gasteiger partial charge in [-0.15, -0.1) is 0 Å². The van der Waals surface area contributed by atoms with Gasteiger partial charge in [-0.2, -0.15) is 0 Å². The molecule has 1 amide bonds. The Hall–Kier alpha value is -3.63. The number of nitrogens with zero attached hydrogens (tertiary/aromatic N) is 2. The van der Waals surface area contributed by atoms with E-state index in [1.165, 1.54) is 73.6 Å². The summed E-state index contributed by atoms with van der Waals surface area (Å²) in [5, 5.41) is 13.9. The number of benzene rings is 4. The van der Waals surface area contributed by atoms with Crippen molar-refractivity contribution in [3.8, 4) is 5.75 Å². The molecule has 9 heteroatoms. The van der Waals surface area contributed by atoms with Gasteiger partial charge in [-0.3, -0.25) is 9.69 Å². The lowest BCUT2D eigenvalue weighted by Gasteiger charge is -2.50. The molecule has 4 aromatic rings. The molecule has 3 atom stereocenters. The molecule has 4 aromatic carbocycles. The number of hydrogen-bond donors (Lipinski definition) is 2. The van der Waals surface area contributed by atoms with Crippen molar-refractivity contribution in [1.82, 2.24) is 10.2 Å². The summed E-state index contributed by atoms with van der Waals surface area (Å²) in [6.45, 7) is 8.90. The zero-order valence-electron chi connectivity index (χ0n) is 26.3. The number of hydrogen-bond acceptors (Lipinski definition) is 4. The number of β-lactam (4-membered cyclic amide) rings is 1. The van der Waals surface area contributed by atoms with Crippen LogP contribution in [0.25, 0.3) is 0 Å². The number of rotatable bonds is 11. The fraction of sp³-hybridized carbons (Fsp3) is 0.342. The van der Waals surface area contributed by atoms with E-state index in [0.29, 0.717) is 30.8 Å². The van der Waals surface area contributed by atoms with Gasteiger partial charge in [0.25, 0.3) is 0 Å². The summed E-state index contributed by atoms with van der Waals surface area (Å²) in [6.07, 6.45) is -0.149. The first-order chi connectivity index (χ1) is 22.3. The molecule has 4 saturated heterocycles. The van der Waals surface area contributed by atoms with Gasteiger partial charge in [0, 0.05) is 25.2 Å². The van der Waals surface area contributed by atoms with E-state index in [1.54, 1.807) is 24.3 Å². The third-order valence-electron chi connectivity index (χ3n) is 10.4. The SMILES string of the molecule is O=C1N[C@](c2ccc(F)cc2)(c2ccc(OCc3ccc(C[N+]45CCN(CC4)CC5)cc3)cc2)[C@H]1CC[C@H](O)c1ccc(F)cc1.[Br-]. The van der Waals surface area contributed by atoms with Crippen LogP contribution in [0, 0.1) is 17.6 Å². The Bertz CT molecular complexity index is 1650. The summed E-state index contributed by atoms with van der Waals surface area (Å²) in [5.41, 5.74) is 3.80. The van der Waals surface area contributed by atoms with Crippen LogP contribution >= 0.6 is 0 Å². The van der Waals surface area contributed by atoms with Gasteiger partial charge < -0.3 is 36.6 Å². The Morgan fingerprint density at radius 1 is 0.809 bits per heavy atom. The Morgan fingerprint density at radius 2 is 1.34 bits per heavy atom. The van der Waals surface area contributed by atoms with E-state index >= 15 is 0 Å². The molecule has 6 nitrogen and oxygen atoms in total. The topological polar surface area (TPSA) is 61.8 Å². The molecule has 0 radical (unpaired) electrons. The van der Waals surface area contributed by atoms with Gasteiger partial charge in [0.2, 0.25) is 5.91 Å². The van der Waals surface area contributed by atoms with Crippen LogP contribution in [0.2, 0.25) is 0 Å². The maximum Gasteiger partial charge on any atom is 0.227 e. The number of aliphatic hydroxyl groups is 1. The minimum Gasteiger partial charge on any atom is -1.00 e. The number of ether oxygens (including phenoxy) is 1. The van der Waals surface area contributed by atoms with E-state index < -0.39 is 17.6 Å². The number of fused-ring (bicyclic) bond motifs is 3. The van der Waals surface area contributed by atoms with E-state index in [4.69, 9.17) is 4.74 Å². The molecular formula is C38H40BrF2N3O3. The van der Waals surface area contributed by atoms with Crippen molar-refractivity contribution in [2.24, 2.45) is 5.92 Å². The van der Waals surface area contributed by atoms with Gasteiger partial charge in [-0.1, -0.05) is 60.7 Å². The second kappa shape index (κ2) is 13.8. The van der Waals surface area contributed by atoms with Crippen molar-refractivity contribution < 1.29 is 44.9 Å². The molecule has 2 bridgehead atoms. The highest BCUT2D eigenvalue weighted by Gasteiger charge is 2.55. The first kappa shape index (κ1) is 33.3. The molecule has 0 unspecified atom stereocenters. The molecule has 2 N–H and O–H groups in total. The normalized spacial score (nSPS) is 25.3. The highest BCUT2D eigenvalue weighted by atomic mass is 79.9. The molecule has 47 heavy (non-hydrogen) atoms. The van der Waals surface area contributed by atoms with Gasteiger partial charge in [0.15, 0.2) is 0 Å². The molecule has 246 valence electrons. The van der Waals surface area contributed by atoms with Crippen LogP contribution < -0.4 is 27.0 Å². The van der Waals surface area contributed by atoms with E-state index in [9.17, 15) is 18.7 Å². The van der Waals surface area contributed by atoms with Crippen LogP contribution in [0.3, 0.4) is 0 Å². The molecule has 8 rings (SSSR count). The van der Waals surface area contributed by atoms with Crippen molar-refractivity contribution in [2.75, 3.05) is 39.3 Å². The number of piperazine rings is 3. The average molecular weight is 705 g/mol. The summed E-state index contributed by atoms with van der Waals surface area (Å²) in [6, 6.07) is 28.4. The third-order valence-corrected chi connectivity index (χ3v) is 10.4. The van der Waals surface area contributed by atoms with Crippen LogP contribution in [0.4, 0.5) is 8.78 Å². The van der Waals surface area contributed by atoms with E-state index in [2.05, 4.69) is 34.5 Å². The van der Waals surface area contributed by atoms with Crippen LogP contribution in [0.15, 0.2) is 97.1 Å². The molecular weight excluding hydrogens is 664 g/mol. The summed E-state index contributed by atoms with van der Waals surface area (Å²) < 4.78 is 34.7. The molecule has 0 aliphatic carbocycles. The predicted molar refractivity (Wildman–Crippen MR) is 172 cm³/mol. The minimum atomic E-state index is -0.880. The zero-order valence-corrected chi connectivity index (χ0v) is 27.8. The van der Waals surface area contributed by atoms with Crippen molar-refractivity contribution in [3.05, 3.63) is 137 Å². The van der Waals surface area contributed by atoms with Crippen LogP contribution in [-0.2, 0) is 23.5 Å². The van der Waals surface area contributed by atoms with Crippen LogP contribution in [0.1, 0.15) is 46.8 Å². The number of halogens is 3. The first-order valence-corrected chi connectivity index (χ1v) is 16.2. The number of carbonyl (C=O) groups excluding carboxylic acids is 1. The van der Waals surface area contributed by atoms with Crippen molar-refractivity contribution in [1.29, 1.82) is 0 Å². The fourth-order valence-electron chi connectivity index (χ4n) is 7.51. The molecule has 4 aliphatic heterocycles. The summed E-state index contributed by atoms with van der Waals surface area (Å²) in [5.74, 6) is -0.642.